The number of carbonyl (C=O) groups is 1. The van der Waals surface area contributed by atoms with Crippen molar-refractivity contribution in [3.8, 4) is 5.88 Å². The lowest BCUT2D eigenvalue weighted by molar-refractivity contribution is -0.139. The van der Waals surface area contributed by atoms with E-state index >= 15 is 0 Å². The number of hydrogen-bond acceptors (Lipinski definition) is 4. The van der Waals surface area contributed by atoms with Crippen molar-refractivity contribution in [2.45, 2.75) is 71.8 Å². The van der Waals surface area contributed by atoms with Crippen LogP contribution in [0.15, 0.2) is 18.3 Å². The molecular weight excluding hydrogens is 304 g/mol. The maximum Gasteiger partial charge on any atom is 0.256 e. The number of nitrogens with one attached hydrogen (secondary N) is 1. The summed E-state index contributed by atoms with van der Waals surface area (Å²) in [6, 6.07) is 3.59. The summed E-state index contributed by atoms with van der Waals surface area (Å²) in [5, 5.41) is 2.91. The molecule has 5 heteroatoms. The molecule has 5 nitrogen and oxygen atoms in total. The van der Waals surface area contributed by atoms with Gasteiger partial charge in [0.1, 0.15) is 5.60 Å². The van der Waals surface area contributed by atoms with E-state index in [0.29, 0.717) is 31.2 Å². The van der Waals surface area contributed by atoms with Gasteiger partial charge in [-0.3, -0.25) is 4.79 Å². The third-order valence-electron chi connectivity index (χ3n) is 3.94. The zero-order valence-electron chi connectivity index (χ0n) is 15.6. The Morgan fingerprint density at radius 3 is 2.50 bits per heavy atom. The molecule has 0 bridgehead atoms. The summed E-state index contributed by atoms with van der Waals surface area (Å²) >= 11 is 0. The van der Waals surface area contributed by atoms with E-state index in [0.717, 1.165) is 32.1 Å². The number of amides is 1. The molecule has 24 heavy (non-hydrogen) atoms. The van der Waals surface area contributed by atoms with E-state index < -0.39 is 5.60 Å². The predicted molar refractivity (Wildman–Crippen MR) is 97.4 cm³/mol. The zero-order chi connectivity index (χ0) is 17.8. The smallest absolute Gasteiger partial charge is 0.256 e. The average molecular weight is 336 g/mol. The van der Waals surface area contributed by atoms with Gasteiger partial charge in [-0.15, -0.1) is 0 Å². The lowest BCUT2D eigenvalue weighted by Crippen LogP contribution is -2.42. The van der Waals surface area contributed by atoms with Crippen molar-refractivity contribution >= 4 is 11.6 Å². The Morgan fingerprint density at radius 1 is 1.17 bits per heavy atom. The Balaban J connectivity index is 2.62. The van der Waals surface area contributed by atoms with Crippen LogP contribution in [0.3, 0.4) is 0 Å². The van der Waals surface area contributed by atoms with Crippen LogP contribution in [-0.4, -0.2) is 29.7 Å². The lowest BCUT2D eigenvalue weighted by Gasteiger charge is -2.28. The number of hydrogen-bond donors (Lipinski definition) is 1. The second-order valence-corrected chi connectivity index (χ2v) is 6.16. The summed E-state index contributed by atoms with van der Waals surface area (Å²) in [6.45, 7) is 9.21. The van der Waals surface area contributed by atoms with Crippen LogP contribution in [0.4, 0.5) is 5.69 Å². The van der Waals surface area contributed by atoms with Gasteiger partial charge in [0.25, 0.3) is 5.91 Å². The SMILES string of the molecule is CCCCC[C@@](C)(OCC)C(=O)Nc1ccc(OCCCC)nc1. The Hall–Kier alpha value is -1.62. The van der Waals surface area contributed by atoms with Gasteiger partial charge in [-0.1, -0.05) is 39.5 Å². The normalized spacial score (nSPS) is 13.3. The van der Waals surface area contributed by atoms with Crippen LogP contribution in [0.5, 0.6) is 5.88 Å². The van der Waals surface area contributed by atoms with E-state index in [1.165, 1.54) is 0 Å². The summed E-state index contributed by atoms with van der Waals surface area (Å²) in [5.74, 6) is 0.457. The first-order chi connectivity index (χ1) is 11.6. The molecule has 1 amide bonds. The minimum atomic E-state index is -0.805. The first-order valence-corrected chi connectivity index (χ1v) is 9.10. The highest BCUT2D eigenvalue weighted by Crippen LogP contribution is 2.22. The molecule has 136 valence electrons. The first-order valence-electron chi connectivity index (χ1n) is 9.10. The summed E-state index contributed by atoms with van der Waals surface area (Å²) in [6.07, 6.45) is 7.62. The van der Waals surface area contributed by atoms with Crippen molar-refractivity contribution in [1.29, 1.82) is 0 Å². The number of pyridine rings is 1. The number of aromatic nitrogens is 1. The minimum Gasteiger partial charge on any atom is -0.478 e. The third kappa shape index (κ3) is 6.87. The van der Waals surface area contributed by atoms with Gasteiger partial charge in [-0.05, 0) is 32.8 Å². The monoisotopic (exact) mass is 336 g/mol. The fourth-order valence-corrected chi connectivity index (χ4v) is 2.41. The summed E-state index contributed by atoms with van der Waals surface area (Å²) in [5.41, 5.74) is -0.149. The quantitative estimate of drug-likeness (QED) is 0.568. The molecule has 1 aromatic heterocycles. The molecule has 0 unspecified atom stereocenters. The molecule has 0 saturated heterocycles. The Bertz CT molecular complexity index is 476. The van der Waals surface area contributed by atoms with Crippen molar-refractivity contribution in [3.05, 3.63) is 18.3 Å². The van der Waals surface area contributed by atoms with Crippen molar-refractivity contribution in [3.63, 3.8) is 0 Å². The van der Waals surface area contributed by atoms with Gasteiger partial charge >= 0.3 is 0 Å². The average Bonchev–Trinajstić information content (AvgIpc) is 2.57. The third-order valence-corrected chi connectivity index (χ3v) is 3.94. The maximum absolute atomic E-state index is 12.6. The van der Waals surface area contributed by atoms with Crippen molar-refractivity contribution in [1.82, 2.24) is 4.98 Å². The molecule has 1 N–H and O–H groups in total. The van der Waals surface area contributed by atoms with Crippen LogP contribution in [-0.2, 0) is 9.53 Å². The van der Waals surface area contributed by atoms with E-state index in [2.05, 4.69) is 24.1 Å². The van der Waals surface area contributed by atoms with Gasteiger partial charge in [0.2, 0.25) is 5.88 Å². The highest BCUT2D eigenvalue weighted by atomic mass is 16.5. The summed E-state index contributed by atoms with van der Waals surface area (Å²) < 4.78 is 11.3. The van der Waals surface area contributed by atoms with E-state index in [9.17, 15) is 4.79 Å². The van der Waals surface area contributed by atoms with Crippen LogP contribution >= 0.6 is 0 Å². The number of rotatable bonds is 12. The standard InChI is InChI=1S/C19H32N2O3/c1-5-8-10-13-19(4,24-7-3)18(22)21-16-11-12-17(20-15-16)23-14-9-6-2/h11-12,15H,5-10,13-14H2,1-4H3,(H,21,22)/t19-/m1/s1. The largest absolute Gasteiger partial charge is 0.478 e. The lowest BCUT2D eigenvalue weighted by atomic mass is 9.96. The number of nitrogens with zero attached hydrogens (tertiary/aromatic N) is 1. The number of ether oxygens (including phenoxy) is 2. The molecule has 1 aromatic rings. The predicted octanol–water partition coefficient (Wildman–Crippen LogP) is 4.57. The topological polar surface area (TPSA) is 60.5 Å². The van der Waals surface area contributed by atoms with E-state index in [-0.39, 0.29) is 5.91 Å². The molecule has 0 saturated carbocycles. The van der Waals surface area contributed by atoms with Gasteiger partial charge in [0, 0.05) is 12.7 Å². The van der Waals surface area contributed by atoms with Gasteiger partial charge < -0.3 is 14.8 Å². The number of anilines is 1. The molecule has 0 aliphatic heterocycles. The Labute approximate surface area is 146 Å². The molecular formula is C19H32N2O3. The van der Waals surface area contributed by atoms with Gasteiger partial charge in [-0.2, -0.15) is 0 Å². The zero-order valence-corrected chi connectivity index (χ0v) is 15.6. The molecule has 0 fully saturated rings. The molecule has 0 aliphatic carbocycles. The number of carbonyl (C=O) groups excluding carboxylic acids is 1. The summed E-state index contributed by atoms with van der Waals surface area (Å²) in [7, 11) is 0. The van der Waals surface area contributed by atoms with Gasteiger partial charge in [-0.25, -0.2) is 4.98 Å². The second kappa shape index (κ2) is 11.0. The van der Waals surface area contributed by atoms with E-state index in [1.807, 2.05) is 19.9 Å². The van der Waals surface area contributed by atoms with Crippen LogP contribution in [0.25, 0.3) is 0 Å². The molecule has 0 aromatic carbocycles. The van der Waals surface area contributed by atoms with Gasteiger partial charge in [0.05, 0.1) is 18.5 Å². The highest BCUT2D eigenvalue weighted by Gasteiger charge is 2.33. The maximum atomic E-state index is 12.6. The van der Waals surface area contributed by atoms with Gasteiger partial charge in [0.15, 0.2) is 0 Å². The minimum absolute atomic E-state index is 0.123. The Kier molecular flexibility index (Phi) is 9.38. The van der Waals surface area contributed by atoms with E-state index in [1.54, 1.807) is 12.3 Å². The molecule has 1 atom stereocenters. The van der Waals surface area contributed by atoms with E-state index in [4.69, 9.17) is 9.47 Å². The second-order valence-electron chi connectivity index (χ2n) is 6.16. The molecule has 0 radical (unpaired) electrons. The fourth-order valence-electron chi connectivity index (χ4n) is 2.41. The molecule has 0 aliphatic rings. The van der Waals surface area contributed by atoms with Crippen LogP contribution in [0, 0.1) is 0 Å². The molecule has 0 spiro atoms. The van der Waals surface area contributed by atoms with Crippen molar-refractivity contribution in [2.24, 2.45) is 0 Å². The Morgan fingerprint density at radius 2 is 1.92 bits per heavy atom. The molecule has 1 heterocycles. The molecule has 1 rings (SSSR count). The van der Waals surface area contributed by atoms with Crippen LogP contribution in [0.1, 0.15) is 66.2 Å². The first kappa shape index (κ1) is 20.4. The summed E-state index contributed by atoms with van der Waals surface area (Å²) in [4.78, 5) is 16.8. The van der Waals surface area contributed by atoms with Crippen LogP contribution < -0.4 is 10.1 Å². The highest BCUT2D eigenvalue weighted by molar-refractivity contribution is 5.96. The van der Waals surface area contributed by atoms with Crippen molar-refractivity contribution < 1.29 is 14.3 Å². The fraction of sp³-hybridized carbons (Fsp3) is 0.684. The van der Waals surface area contributed by atoms with Crippen molar-refractivity contribution in [2.75, 3.05) is 18.5 Å². The van der Waals surface area contributed by atoms with Crippen LogP contribution in [0.2, 0.25) is 0 Å². The number of unbranched alkanes of at least 4 members (excludes halogenated alkanes) is 3.